The van der Waals surface area contributed by atoms with Gasteiger partial charge in [0.25, 0.3) is 0 Å². The molecule has 0 bridgehead atoms. The maximum atomic E-state index is 11.0. The van der Waals surface area contributed by atoms with Crippen LogP contribution in [0, 0.1) is 0 Å². The molecule has 0 fully saturated rings. The first-order valence-electron chi connectivity index (χ1n) is 6.69. The first kappa shape index (κ1) is 21.5. The summed E-state index contributed by atoms with van der Waals surface area (Å²) in [5.74, 6) is -1.64. The molecule has 0 heterocycles. The monoisotopic (exact) mass is 306 g/mol. The molecule has 0 aromatic heterocycles. The third kappa shape index (κ3) is 23.7. The molecule has 0 aromatic rings. The fourth-order valence-electron chi connectivity index (χ4n) is 0.998. The van der Waals surface area contributed by atoms with Gasteiger partial charge in [0, 0.05) is 19.4 Å². The number of aliphatic carboxylic acids is 2. The Balaban J connectivity index is 0. The molecule has 0 spiro atoms. The number of carbonyl (C=O) groups excluding carboxylic acids is 1. The van der Waals surface area contributed by atoms with Crippen LogP contribution in [0.3, 0.4) is 0 Å². The molecule has 0 unspecified atom stereocenters. The topological polar surface area (TPSA) is 139 Å². The molecular formula is C13H26N2O6. The van der Waals surface area contributed by atoms with Crippen molar-refractivity contribution in [2.75, 3.05) is 13.1 Å². The van der Waals surface area contributed by atoms with Crippen LogP contribution < -0.4 is 11.1 Å². The van der Waals surface area contributed by atoms with Gasteiger partial charge in [0.2, 0.25) is 0 Å². The van der Waals surface area contributed by atoms with E-state index in [4.69, 9.17) is 20.7 Å². The van der Waals surface area contributed by atoms with Crippen molar-refractivity contribution in [3.05, 3.63) is 0 Å². The van der Waals surface area contributed by atoms with E-state index in [1.54, 1.807) is 20.8 Å². The second kappa shape index (κ2) is 12.0. The molecule has 0 aliphatic rings. The molecule has 0 atom stereocenters. The van der Waals surface area contributed by atoms with E-state index in [1.807, 2.05) is 0 Å². The first-order valence-corrected chi connectivity index (χ1v) is 6.69. The third-order valence-electron chi connectivity index (χ3n) is 1.83. The highest BCUT2D eigenvalue weighted by molar-refractivity contribution is 5.68. The van der Waals surface area contributed by atoms with Crippen molar-refractivity contribution >= 4 is 18.0 Å². The van der Waals surface area contributed by atoms with Gasteiger partial charge in [-0.3, -0.25) is 9.59 Å². The Hall–Kier alpha value is -1.83. The maximum absolute atomic E-state index is 11.0. The minimum atomic E-state index is -0.865. The summed E-state index contributed by atoms with van der Waals surface area (Å²) in [4.78, 5) is 30.9. The highest BCUT2D eigenvalue weighted by Gasteiger charge is 2.15. The number of carboxylic acid groups (broad SMARTS) is 2. The van der Waals surface area contributed by atoms with E-state index < -0.39 is 23.6 Å². The van der Waals surface area contributed by atoms with E-state index in [9.17, 15) is 14.4 Å². The minimum absolute atomic E-state index is 0.0514. The molecule has 0 radical (unpaired) electrons. The molecule has 5 N–H and O–H groups in total. The average molecular weight is 306 g/mol. The first-order chi connectivity index (χ1) is 9.58. The third-order valence-corrected chi connectivity index (χ3v) is 1.83. The second-order valence-corrected chi connectivity index (χ2v) is 5.21. The SMILES string of the molecule is CC(C)(C)OC(=O)NCCCC(=O)O.NCCCC(=O)O. The molecule has 0 aliphatic heterocycles. The zero-order valence-corrected chi connectivity index (χ0v) is 12.8. The quantitative estimate of drug-likeness (QED) is 0.518. The minimum Gasteiger partial charge on any atom is -0.481 e. The summed E-state index contributed by atoms with van der Waals surface area (Å²) in [5.41, 5.74) is 4.50. The average Bonchev–Trinajstić information content (AvgIpc) is 2.30. The largest absolute Gasteiger partial charge is 0.481 e. The standard InChI is InChI=1S/C9H17NO4.C4H9NO2/c1-9(2,3)14-8(13)10-6-4-5-7(11)12;5-3-1-2-4(6)7/h4-6H2,1-3H3,(H,10,13)(H,11,12);1-3,5H2,(H,6,7). The van der Waals surface area contributed by atoms with Crippen molar-refractivity contribution in [1.29, 1.82) is 0 Å². The second-order valence-electron chi connectivity index (χ2n) is 5.21. The van der Waals surface area contributed by atoms with Gasteiger partial charge in [-0.2, -0.15) is 0 Å². The Morgan fingerprint density at radius 3 is 1.86 bits per heavy atom. The summed E-state index contributed by atoms with van der Waals surface area (Å²) in [6.45, 7) is 6.09. The van der Waals surface area contributed by atoms with Gasteiger partial charge in [0.05, 0.1) is 0 Å². The van der Waals surface area contributed by atoms with Crippen LogP contribution in [0.4, 0.5) is 4.79 Å². The van der Waals surface area contributed by atoms with Crippen LogP contribution in [-0.4, -0.2) is 46.9 Å². The molecular weight excluding hydrogens is 280 g/mol. The Morgan fingerprint density at radius 2 is 1.52 bits per heavy atom. The summed E-state index contributed by atoms with van der Waals surface area (Å²) in [6, 6.07) is 0. The number of ether oxygens (including phenoxy) is 1. The normalized spacial score (nSPS) is 10.1. The van der Waals surface area contributed by atoms with Gasteiger partial charge in [-0.1, -0.05) is 0 Å². The predicted octanol–water partition coefficient (Wildman–Crippen LogP) is 1.19. The van der Waals surface area contributed by atoms with Gasteiger partial charge in [0.1, 0.15) is 5.60 Å². The van der Waals surface area contributed by atoms with Crippen molar-refractivity contribution in [2.24, 2.45) is 5.73 Å². The molecule has 8 heteroatoms. The fraction of sp³-hybridized carbons (Fsp3) is 0.769. The van der Waals surface area contributed by atoms with Gasteiger partial charge in [0.15, 0.2) is 0 Å². The lowest BCUT2D eigenvalue weighted by atomic mass is 10.2. The number of nitrogens with one attached hydrogen (secondary N) is 1. The van der Waals surface area contributed by atoms with Crippen molar-refractivity contribution in [1.82, 2.24) is 5.32 Å². The zero-order chi connectivity index (χ0) is 16.9. The molecule has 21 heavy (non-hydrogen) atoms. The lowest BCUT2D eigenvalue weighted by molar-refractivity contribution is -0.138. The molecule has 0 rings (SSSR count). The fourth-order valence-corrected chi connectivity index (χ4v) is 0.998. The summed E-state index contributed by atoms with van der Waals surface area (Å²) in [6.07, 6.45) is 0.721. The van der Waals surface area contributed by atoms with Crippen molar-refractivity contribution in [3.63, 3.8) is 0 Å². The molecule has 1 amide bonds. The summed E-state index contributed by atoms with van der Waals surface area (Å²) < 4.78 is 4.95. The Kier molecular flexibility index (Phi) is 12.2. The molecule has 124 valence electrons. The molecule has 0 aliphatic carbocycles. The van der Waals surface area contributed by atoms with Crippen LogP contribution >= 0.6 is 0 Å². The van der Waals surface area contributed by atoms with Gasteiger partial charge in [-0.15, -0.1) is 0 Å². The number of amides is 1. The smallest absolute Gasteiger partial charge is 0.407 e. The van der Waals surface area contributed by atoms with E-state index in [0.29, 0.717) is 25.9 Å². The van der Waals surface area contributed by atoms with Crippen LogP contribution in [0.5, 0.6) is 0 Å². The van der Waals surface area contributed by atoms with E-state index in [0.717, 1.165) is 0 Å². The molecule has 0 aromatic carbocycles. The van der Waals surface area contributed by atoms with Gasteiger partial charge < -0.3 is 26.0 Å². The number of carbonyl (C=O) groups is 3. The molecule has 8 nitrogen and oxygen atoms in total. The lowest BCUT2D eigenvalue weighted by Crippen LogP contribution is -2.33. The predicted molar refractivity (Wildman–Crippen MR) is 77.0 cm³/mol. The summed E-state index contributed by atoms with van der Waals surface area (Å²) in [7, 11) is 0. The number of rotatable bonds is 7. The van der Waals surface area contributed by atoms with Crippen LogP contribution in [0.15, 0.2) is 0 Å². The Bertz CT molecular complexity index is 325. The summed E-state index contributed by atoms with van der Waals surface area (Å²) >= 11 is 0. The maximum Gasteiger partial charge on any atom is 0.407 e. The van der Waals surface area contributed by atoms with Gasteiger partial charge >= 0.3 is 18.0 Å². The molecule has 0 saturated carbocycles. The van der Waals surface area contributed by atoms with E-state index in [1.165, 1.54) is 0 Å². The number of nitrogens with two attached hydrogens (primary N) is 1. The number of hydrogen-bond donors (Lipinski definition) is 4. The highest BCUT2D eigenvalue weighted by atomic mass is 16.6. The Labute approximate surface area is 124 Å². The van der Waals surface area contributed by atoms with Crippen LogP contribution in [-0.2, 0) is 14.3 Å². The van der Waals surface area contributed by atoms with Crippen molar-refractivity contribution < 1.29 is 29.3 Å². The van der Waals surface area contributed by atoms with E-state index in [-0.39, 0.29) is 12.8 Å². The van der Waals surface area contributed by atoms with Gasteiger partial charge in [-0.25, -0.2) is 4.79 Å². The van der Waals surface area contributed by atoms with E-state index in [2.05, 4.69) is 5.32 Å². The number of hydrogen-bond acceptors (Lipinski definition) is 5. The zero-order valence-electron chi connectivity index (χ0n) is 12.8. The number of carboxylic acids is 2. The van der Waals surface area contributed by atoms with Crippen LogP contribution in [0.2, 0.25) is 0 Å². The van der Waals surface area contributed by atoms with Crippen LogP contribution in [0.25, 0.3) is 0 Å². The highest BCUT2D eigenvalue weighted by Crippen LogP contribution is 2.06. The van der Waals surface area contributed by atoms with Gasteiger partial charge in [-0.05, 0) is 40.2 Å². The summed E-state index contributed by atoms with van der Waals surface area (Å²) in [5, 5.41) is 18.8. The van der Waals surface area contributed by atoms with Crippen molar-refractivity contribution in [3.8, 4) is 0 Å². The van der Waals surface area contributed by atoms with E-state index >= 15 is 0 Å². The Morgan fingerprint density at radius 1 is 1.05 bits per heavy atom. The number of alkyl carbamates (subject to hydrolysis) is 1. The lowest BCUT2D eigenvalue weighted by Gasteiger charge is -2.19. The van der Waals surface area contributed by atoms with Crippen molar-refractivity contribution in [2.45, 2.75) is 52.1 Å². The molecule has 0 saturated heterocycles. The van der Waals surface area contributed by atoms with Crippen LogP contribution in [0.1, 0.15) is 46.5 Å².